The van der Waals surface area contributed by atoms with E-state index in [2.05, 4.69) is 10.3 Å². The maximum atomic E-state index is 12.8. The van der Waals surface area contributed by atoms with E-state index in [-0.39, 0.29) is 5.91 Å². The number of carbonyl (C=O) groups excluding carboxylic acids is 1. The zero-order valence-corrected chi connectivity index (χ0v) is 17.3. The summed E-state index contributed by atoms with van der Waals surface area (Å²) in [7, 11) is 5.55. The van der Waals surface area contributed by atoms with E-state index in [9.17, 15) is 4.79 Å². The summed E-state index contributed by atoms with van der Waals surface area (Å²) in [5.74, 6) is 2.16. The minimum absolute atomic E-state index is 0.151. The molecule has 0 saturated heterocycles. The van der Waals surface area contributed by atoms with Crippen molar-refractivity contribution >= 4 is 28.3 Å². The SMILES string of the molecule is COc1ccc(C(=O)Nc2cc3[nH]c(C4CCCCC4)nc3cc2N(C)C)cc1. The summed E-state index contributed by atoms with van der Waals surface area (Å²) in [4.78, 5) is 23.1. The number of methoxy groups -OCH3 is 1. The number of imidazole rings is 1. The molecular weight excluding hydrogens is 364 g/mol. The van der Waals surface area contributed by atoms with Crippen LogP contribution in [-0.4, -0.2) is 37.1 Å². The van der Waals surface area contributed by atoms with Crippen molar-refractivity contribution < 1.29 is 9.53 Å². The minimum atomic E-state index is -0.151. The van der Waals surface area contributed by atoms with Gasteiger partial charge in [-0.1, -0.05) is 19.3 Å². The zero-order valence-electron chi connectivity index (χ0n) is 17.3. The number of carbonyl (C=O) groups is 1. The molecule has 1 fully saturated rings. The molecule has 6 heteroatoms. The fraction of sp³-hybridized carbons (Fsp3) is 0.391. The van der Waals surface area contributed by atoms with Gasteiger partial charge in [-0.25, -0.2) is 4.98 Å². The molecule has 1 amide bonds. The molecule has 0 unspecified atom stereocenters. The number of benzene rings is 2. The smallest absolute Gasteiger partial charge is 0.255 e. The Kier molecular flexibility index (Phi) is 5.43. The summed E-state index contributed by atoms with van der Waals surface area (Å²) in [6.45, 7) is 0. The number of ether oxygens (including phenoxy) is 1. The second-order valence-electron chi connectivity index (χ2n) is 7.92. The summed E-state index contributed by atoms with van der Waals surface area (Å²) < 4.78 is 5.17. The minimum Gasteiger partial charge on any atom is -0.497 e. The molecule has 152 valence electrons. The predicted molar refractivity (Wildman–Crippen MR) is 117 cm³/mol. The Balaban J connectivity index is 1.64. The van der Waals surface area contributed by atoms with Crippen LogP contribution in [-0.2, 0) is 0 Å². The number of anilines is 2. The quantitative estimate of drug-likeness (QED) is 0.645. The van der Waals surface area contributed by atoms with E-state index in [1.807, 2.05) is 31.1 Å². The lowest BCUT2D eigenvalue weighted by Gasteiger charge is -2.18. The number of hydrogen-bond donors (Lipinski definition) is 2. The molecule has 29 heavy (non-hydrogen) atoms. The number of nitrogens with one attached hydrogen (secondary N) is 2. The van der Waals surface area contributed by atoms with Gasteiger partial charge in [-0.3, -0.25) is 4.79 Å². The predicted octanol–water partition coefficient (Wildman–Crippen LogP) is 4.94. The van der Waals surface area contributed by atoms with Crippen LogP contribution in [0.25, 0.3) is 11.0 Å². The second kappa shape index (κ2) is 8.15. The largest absolute Gasteiger partial charge is 0.497 e. The van der Waals surface area contributed by atoms with Crippen molar-refractivity contribution in [2.45, 2.75) is 38.0 Å². The highest BCUT2D eigenvalue weighted by molar-refractivity contribution is 6.07. The number of fused-ring (bicyclic) bond motifs is 1. The normalized spacial score (nSPS) is 14.7. The highest BCUT2D eigenvalue weighted by atomic mass is 16.5. The Bertz CT molecular complexity index is 1000. The van der Waals surface area contributed by atoms with Crippen molar-refractivity contribution in [2.75, 3.05) is 31.4 Å². The molecule has 4 rings (SSSR count). The van der Waals surface area contributed by atoms with Crippen molar-refractivity contribution in [3.05, 3.63) is 47.8 Å². The number of aromatic nitrogens is 2. The van der Waals surface area contributed by atoms with Gasteiger partial charge in [0.2, 0.25) is 0 Å². The monoisotopic (exact) mass is 392 g/mol. The van der Waals surface area contributed by atoms with Gasteiger partial charge in [-0.05, 0) is 49.2 Å². The van der Waals surface area contributed by atoms with Crippen LogP contribution >= 0.6 is 0 Å². The Morgan fingerprint density at radius 3 is 2.52 bits per heavy atom. The van der Waals surface area contributed by atoms with Crippen LogP contribution in [0.1, 0.15) is 54.2 Å². The standard InChI is InChI=1S/C23H28N4O2/c1-27(2)21-14-19-18(24-22(25-19)15-7-5-4-6-8-15)13-20(21)26-23(28)16-9-11-17(29-3)12-10-16/h9-15H,4-8H2,1-3H3,(H,24,25)(H,26,28). The molecule has 2 aromatic carbocycles. The molecule has 1 saturated carbocycles. The lowest BCUT2D eigenvalue weighted by molar-refractivity contribution is 0.102. The maximum Gasteiger partial charge on any atom is 0.255 e. The van der Waals surface area contributed by atoms with Crippen LogP contribution in [0.4, 0.5) is 11.4 Å². The highest BCUT2D eigenvalue weighted by Crippen LogP contribution is 2.35. The van der Waals surface area contributed by atoms with Crippen molar-refractivity contribution in [3.8, 4) is 5.75 Å². The van der Waals surface area contributed by atoms with Gasteiger partial charge in [0.25, 0.3) is 5.91 Å². The first-order chi connectivity index (χ1) is 14.0. The zero-order chi connectivity index (χ0) is 20.4. The van der Waals surface area contributed by atoms with Crippen LogP contribution in [0.2, 0.25) is 0 Å². The molecule has 1 aliphatic rings. The third kappa shape index (κ3) is 4.06. The lowest BCUT2D eigenvalue weighted by Crippen LogP contribution is -2.16. The number of hydrogen-bond acceptors (Lipinski definition) is 4. The van der Waals surface area contributed by atoms with Crippen molar-refractivity contribution in [3.63, 3.8) is 0 Å². The van der Waals surface area contributed by atoms with Crippen LogP contribution in [0.3, 0.4) is 0 Å². The van der Waals surface area contributed by atoms with Gasteiger partial charge in [0.15, 0.2) is 0 Å². The lowest BCUT2D eigenvalue weighted by atomic mass is 9.89. The van der Waals surface area contributed by atoms with E-state index < -0.39 is 0 Å². The number of aromatic amines is 1. The number of H-pyrrole nitrogens is 1. The molecular formula is C23H28N4O2. The van der Waals surface area contributed by atoms with Crippen molar-refractivity contribution in [1.29, 1.82) is 0 Å². The molecule has 2 N–H and O–H groups in total. The molecule has 0 bridgehead atoms. The van der Waals surface area contributed by atoms with Gasteiger partial charge in [-0.15, -0.1) is 0 Å². The van der Waals surface area contributed by atoms with Gasteiger partial charge < -0.3 is 19.9 Å². The van der Waals surface area contributed by atoms with E-state index in [4.69, 9.17) is 9.72 Å². The van der Waals surface area contributed by atoms with E-state index >= 15 is 0 Å². The maximum absolute atomic E-state index is 12.8. The first-order valence-corrected chi connectivity index (χ1v) is 10.2. The van der Waals surface area contributed by atoms with Gasteiger partial charge >= 0.3 is 0 Å². The first kappa shape index (κ1) is 19.3. The third-order valence-corrected chi connectivity index (χ3v) is 5.69. The Morgan fingerprint density at radius 2 is 1.86 bits per heavy atom. The number of nitrogens with zero attached hydrogens (tertiary/aromatic N) is 2. The fourth-order valence-electron chi connectivity index (χ4n) is 4.04. The summed E-state index contributed by atoms with van der Waals surface area (Å²) in [5.41, 5.74) is 4.18. The summed E-state index contributed by atoms with van der Waals surface area (Å²) in [6.07, 6.45) is 6.26. The first-order valence-electron chi connectivity index (χ1n) is 10.2. The Morgan fingerprint density at radius 1 is 1.14 bits per heavy atom. The molecule has 3 aromatic rings. The van der Waals surface area contributed by atoms with E-state index in [0.717, 1.165) is 34.0 Å². The van der Waals surface area contributed by atoms with E-state index in [0.29, 0.717) is 11.5 Å². The Hall–Kier alpha value is -3.02. The fourth-order valence-corrected chi connectivity index (χ4v) is 4.04. The third-order valence-electron chi connectivity index (χ3n) is 5.69. The number of rotatable bonds is 5. The summed E-state index contributed by atoms with van der Waals surface area (Å²) in [5, 5.41) is 3.06. The van der Waals surface area contributed by atoms with Crippen molar-refractivity contribution in [1.82, 2.24) is 9.97 Å². The van der Waals surface area contributed by atoms with E-state index in [1.54, 1.807) is 31.4 Å². The van der Waals surface area contributed by atoms with Gasteiger partial charge in [-0.2, -0.15) is 0 Å². The van der Waals surface area contributed by atoms with Crippen LogP contribution in [0.5, 0.6) is 5.75 Å². The van der Waals surface area contributed by atoms with Crippen LogP contribution in [0.15, 0.2) is 36.4 Å². The molecule has 6 nitrogen and oxygen atoms in total. The molecule has 1 heterocycles. The van der Waals surface area contributed by atoms with Crippen molar-refractivity contribution in [2.24, 2.45) is 0 Å². The van der Waals surface area contributed by atoms with Crippen LogP contribution < -0.4 is 15.0 Å². The number of amides is 1. The van der Waals surface area contributed by atoms with E-state index in [1.165, 1.54) is 32.1 Å². The molecule has 0 spiro atoms. The average molecular weight is 393 g/mol. The molecule has 0 atom stereocenters. The second-order valence-corrected chi connectivity index (χ2v) is 7.92. The van der Waals surface area contributed by atoms with Gasteiger partial charge in [0.05, 0.1) is 29.5 Å². The van der Waals surface area contributed by atoms with Crippen LogP contribution in [0, 0.1) is 0 Å². The molecule has 0 radical (unpaired) electrons. The summed E-state index contributed by atoms with van der Waals surface area (Å²) in [6, 6.07) is 11.1. The summed E-state index contributed by atoms with van der Waals surface area (Å²) >= 11 is 0. The van der Waals surface area contributed by atoms with Gasteiger partial charge in [0.1, 0.15) is 11.6 Å². The molecule has 1 aliphatic carbocycles. The highest BCUT2D eigenvalue weighted by Gasteiger charge is 2.20. The average Bonchev–Trinajstić information content (AvgIpc) is 3.17. The molecule has 1 aromatic heterocycles. The Labute approximate surface area is 171 Å². The van der Waals surface area contributed by atoms with Gasteiger partial charge in [0, 0.05) is 25.6 Å². The molecule has 0 aliphatic heterocycles. The topological polar surface area (TPSA) is 70.2 Å².